The van der Waals surface area contributed by atoms with Crippen molar-refractivity contribution < 1.29 is 23.1 Å². The summed E-state index contributed by atoms with van der Waals surface area (Å²) in [4.78, 5) is 12.1. The van der Waals surface area contributed by atoms with E-state index in [1.165, 1.54) is 12.1 Å². The zero-order valence-corrected chi connectivity index (χ0v) is 13.9. The molecule has 1 unspecified atom stereocenters. The largest absolute Gasteiger partial charge is 0.417 e. The summed E-state index contributed by atoms with van der Waals surface area (Å²) in [5.74, 6) is -0.877. The number of aromatic nitrogens is 1. The van der Waals surface area contributed by atoms with Gasteiger partial charge in [0.05, 0.1) is 17.2 Å². The van der Waals surface area contributed by atoms with E-state index in [1.54, 1.807) is 12.1 Å². The molecule has 3 rings (SSSR count). The molecule has 0 saturated heterocycles. The summed E-state index contributed by atoms with van der Waals surface area (Å²) in [6.45, 7) is -0.191. The average Bonchev–Trinajstić information content (AvgIpc) is 2.99. The fourth-order valence-electron chi connectivity index (χ4n) is 2.84. The molecule has 1 aromatic heterocycles. The van der Waals surface area contributed by atoms with Gasteiger partial charge in [-0.15, -0.1) is 0 Å². The zero-order valence-electron chi connectivity index (χ0n) is 13.9. The number of aliphatic hydroxyl groups excluding tert-OH is 1. The van der Waals surface area contributed by atoms with Crippen LogP contribution in [0.4, 0.5) is 13.2 Å². The van der Waals surface area contributed by atoms with Gasteiger partial charge in [-0.05, 0) is 41.3 Å². The number of carbonyl (C=O) groups excluding carboxylic acids is 1. The number of aliphatic hydroxyl groups is 1. The van der Waals surface area contributed by atoms with Crippen LogP contribution >= 0.6 is 0 Å². The highest BCUT2D eigenvalue weighted by molar-refractivity contribution is 5.95. The molecule has 1 heterocycles. The first-order valence-corrected chi connectivity index (χ1v) is 7.95. The second-order valence-electron chi connectivity index (χ2n) is 6.01. The normalized spacial score (nSPS) is 13.0. The van der Waals surface area contributed by atoms with Gasteiger partial charge < -0.3 is 15.0 Å². The number of amides is 1. The monoisotopic (exact) mass is 362 g/mol. The molecule has 4 nitrogen and oxygen atoms in total. The van der Waals surface area contributed by atoms with Crippen molar-refractivity contribution in [2.24, 2.45) is 7.05 Å². The van der Waals surface area contributed by atoms with E-state index in [-0.39, 0.29) is 6.54 Å². The number of hydrogen-bond acceptors (Lipinski definition) is 2. The lowest BCUT2D eigenvalue weighted by Gasteiger charge is -2.15. The fourth-order valence-corrected chi connectivity index (χ4v) is 2.84. The van der Waals surface area contributed by atoms with Crippen molar-refractivity contribution in [3.63, 3.8) is 0 Å². The summed E-state index contributed by atoms with van der Waals surface area (Å²) in [5, 5.41) is 13.6. The van der Waals surface area contributed by atoms with Gasteiger partial charge in [-0.1, -0.05) is 18.2 Å². The second-order valence-corrected chi connectivity index (χ2v) is 6.01. The molecule has 0 saturated carbocycles. The van der Waals surface area contributed by atoms with E-state index in [0.717, 1.165) is 23.0 Å². The number of rotatable bonds is 4. The van der Waals surface area contributed by atoms with Crippen molar-refractivity contribution in [2.45, 2.75) is 12.3 Å². The lowest BCUT2D eigenvalue weighted by atomic mass is 10.1. The first kappa shape index (κ1) is 18.0. The number of hydrogen-bond donors (Lipinski definition) is 2. The minimum absolute atomic E-state index is 0.191. The smallest absolute Gasteiger partial charge is 0.387 e. The molecule has 136 valence electrons. The predicted octanol–water partition coefficient (Wildman–Crippen LogP) is 3.66. The van der Waals surface area contributed by atoms with Crippen LogP contribution in [0.25, 0.3) is 10.9 Å². The molecular weight excluding hydrogens is 345 g/mol. The molecule has 2 N–H and O–H groups in total. The van der Waals surface area contributed by atoms with Crippen molar-refractivity contribution in [1.82, 2.24) is 9.88 Å². The quantitative estimate of drug-likeness (QED) is 0.744. The van der Waals surface area contributed by atoms with Crippen molar-refractivity contribution in [3.8, 4) is 0 Å². The van der Waals surface area contributed by atoms with E-state index in [2.05, 4.69) is 5.32 Å². The second kappa shape index (κ2) is 6.84. The van der Waals surface area contributed by atoms with Gasteiger partial charge in [-0.3, -0.25) is 4.79 Å². The molecule has 3 aromatic rings. The lowest BCUT2D eigenvalue weighted by molar-refractivity contribution is -0.137. The van der Waals surface area contributed by atoms with Crippen LogP contribution in [0.5, 0.6) is 0 Å². The van der Waals surface area contributed by atoms with E-state index in [0.29, 0.717) is 5.56 Å². The molecule has 1 atom stereocenters. The molecule has 0 aliphatic heterocycles. The van der Waals surface area contributed by atoms with E-state index >= 15 is 0 Å². The summed E-state index contributed by atoms with van der Waals surface area (Å²) in [7, 11) is 1.90. The van der Waals surface area contributed by atoms with Gasteiger partial charge in [0.1, 0.15) is 0 Å². The van der Waals surface area contributed by atoms with Gasteiger partial charge in [0.25, 0.3) is 5.91 Å². The van der Waals surface area contributed by atoms with Gasteiger partial charge in [-0.2, -0.15) is 13.2 Å². The van der Waals surface area contributed by atoms with Crippen molar-refractivity contribution in [3.05, 3.63) is 71.4 Å². The van der Waals surface area contributed by atoms with Gasteiger partial charge >= 0.3 is 6.18 Å². The van der Waals surface area contributed by atoms with Crippen LogP contribution in [0.15, 0.2) is 54.7 Å². The van der Waals surface area contributed by atoms with Crippen LogP contribution in [-0.2, 0) is 13.2 Å². The van der Waals surface area contributed by atoms with Gasteiger partial charge in [0, 0.05) is 25.3 Å². The third kappa shape index (κ3) is 3.57. The predicted molar refractivity (Wildman–Crippen MR) is 91.7 cm³/mol. The van der Waals surface area contributed by atoms with Gasteiger partial charge in [0.2, 0.25) is 0 Å². The molecule has 26 heavy (non-hydrogen) atoms. The number of nitrogens with one attached hydrogen (secondary N) is 1. The first-order chi connectivity index (χ1) is 12.3. The minimum Gasteiger partial charge on any atom is -0.387 e. The number of nitrogens with zero attached hydrogens (tertiary/aromatic N) is 1. The van der Waals surface area contributed by atoms with Crippen LogP contribution in [0.2, 0.25) is 0 Å². The number of fused-ring (bicyclic) bond motifs is 1. The molecule has 7 heteroatoms. The Labute approximate surface area is 147 Å². The number of halogens is 3. The lowest BCUT2D eigenvalue weighted by Crippen LogP contribution is -2.30. The molecule has 0 bridgehead atoms. The van der Waals surface area contributed by atoms with Gasteiger partial charge in [0.15, 0.2) is 0 Å². The Morgan fingerprint density at radius 2 is 1.92 bits per heavy atom. The third-order valence-corrected chi connectivity index (χ3v) is 4.23. The summed E-state index contributed by atoms with van der Waals surface area (Å²) in [5.41, 5.74) is 0.0978. The van der Waals surface area contributed by atoms with Crippen molar-refractivity contribution in [1.29, 1.82) is 0 Å². The average molecular weight is 362 g/mol. The Morgan fingerprint density at radius 3 is 2.65 bits per heavy atom. The number of aryl methyl sites for hydroxylation is 1. The Morgan fingerprint density at radius 1 is 1.19 bits per heavy atom. The standard InChI is InChI=1S/C19H17F3N2O2/c1-24-9-8-12-10-13(6-7-16(12)24)17(25)11-23-18(26)14-4-2-3-5-15(14)19(20,21)22/h2-10,17,25H,11H2,1H3,(H,23,26). The maximum atomic E-state index is 13.0. The highest BCUT2D eigenvalue weighted by Crippen LogP contribution is 2.31. The van der Waals surface area contributed by atoms with Gasteiger partial charge in [-0.25, -0.2) is 0 Å². The van der Waals surface area contributed by atoms with Crippen LogP contribution in [0.1, 0.15) is 27.6 Å². The Balaban J connectivity index is 1.73. The Kier molecular flexibility index (Phi) is 4.73. The maximum Gasteiger partial charge on any atom is 0.417 e. The van der Waals surface area contributed by atoms with E-state index in [9.17, 15) is 23.1 Å². The molecule has 0 radical (unpaired) electrons. The van der Waals surface area contributed by atoms with Crippen LogP contribution < -0.4 is 5.32 Å². The van der Waals surface area contributed by atoms with Crippen molar-refractivity contribution >= 4 is 16.8 Å². The Hall–Kier alpha value is -2.80. The van der Waals surface area contributed by atoms with E-state index in [1.807, 2.05) is 29.9 Å². The summed E-state index contributed by atoms with van der Waals surface area (Å²) >= 11 is 0. The minimum atomic E-state index is -4.62. The van der Waals surface area contributed by atoms with E-state index in [4.69, 9.17) is 0 Å². The first-order valence-electron chi connectivity index (χ1n) is 7.95. The highest BCUT2D eigenvalue weighted by atomic mass is 19.4. The van der Waals surface area contributed by atoms with Crippen LogP contribution in [0.3, 0.4) is 0 Å². The molecule has 0 spiro atoms. The summed E-state index contributed by atoms with van der Waals surface area (Å²) in [6, 6.07) is 11.8. The third-order valence-electron chi connectivity index (χ3n) is 4.23. The molecule has 2 aromatic carbocycles. The summed E-state index contributed by atoms with van der Waals surface area (Å²) < 4.78 is 40.9. The topological polar surface area (TPSA) is 54.3 Å². The zero-order chi connectivity index (χ0) is 18.9. The molecule has 0 fully saturated rings. The maximum absolute atomic E-state index is 13.0. The van der Waals surface area contributed by atoms with E-state index < -0.39 is 29.3 Å². The number of benzene rings is 2. The number of carbonyl (C=O) groups is 1. The number of alkyl halides is 3. The summed E-state index contributed by atoms with van der Waals surface area (Å²) in [6.07, 6.45) is -3.76. The molecule has 0 aliphatic rings. The van der Waals surface area contributed by atoms with Crippen LogP contribution in [-0.4, -0.2) is 22.1 Å². The fraction of sp³-hybridized carbons (Fsp3) is 0.211. The molecular formula is C19H17F3N2O2. The van der Waals surface area contributed by atoms with Crippen molar-refractivity contribution in [2.75, 3.05) is 6.54 Å². The molecule has 0 aliphatic carbocycles. The van der Waals surface area contributed by atoms with Crippen LogP contribution in [0, 0.1) is 0 Å². The molecule has 1 amide bonds. The highest BCUT2D eigenvalue weighted by Gasteiger charge is 2.34. The Bertz CT molecular complexity index is 947. The SMILES string of the molecule is Cn1ccc2cc(C(O)CNC(=O)c3ccccc3C(F)(F)F)ccc21.